The van der Waals surface area contributed by atoms with Gasteiger partial charge in [-0.25, -0.2) is 0 Å². The lowest BCUT2D eigenvalue weighted by molar-refractivity contribution is 0.0569. The van der Waals surface area contributed by atoms with Gasteiger partial charge in [0.05, 0.1) is 12.6 Å². The van der Waals surface area contributed by atoms with Crippen LogP contribution in [-0.4, -0.2) is 34.0 Å². The van der Waals surface area contributed by atoms with Gasteiger partial charge in [0.2, 0.25) is 0 Å². The molecule has 1 aliphatic rings. The van der Waals surface area contributed by atoms with E-state index in [1.807, 2.05) is 48.7 Å². The minimum atomic E-state index is -0.271. The van der Waals surface area contributed by atoms with Gasteiger partial charge in [0.1, 0.15) is 0 Å². The highest BCUT2D eigenvalue weighted by Crippen LogP contribution is 2.30. The number of carbonyl (C=O) groups excluding carboxylic acids is 1. The fourth-order valence-corrected chi connectivity index (χ4v) is 3.44. The number of nitrogens with zero attached hydrogens (tertiary/aromatic N) is 1. The van der Waals surface area contributed by atoms with Crippen molar-refractivity contribution in [1.82, 2.24) is 9.88 Å². The number of aromatic nitrogens is 1. The van der Waals surface area contributed by atoms with Crippen LogP contribution < -0.4 is 0 Å². The van der Waals surface area contributed by atoms with E-state index in [1.165, 1.54) is 5.56 Å². The molecule has 2 aromatic carbocycles. The van der Waals surface area contributed by atoms with Crippen LogP contribution >= 0.6 is 0 Å². The second-order valence-corrected chi connectivity index (χ2v) is 5.93. The third kappa shape index (κ3) is 2.32. The largest absolute Gasteiger partial charge is 0.394 e. The average Bonchev–Trinajstić information content (AvgIpc) is 3.07. The van der Waals surface area contributed by atoms with Crippen LogP contribution in [0.5, 0.6) is 0 Å². The van der Waals surface area contributed by atoms with E-state index < -0.39 is 0 Å². The molecule has 0 bridgehead atoms. The maximum Gasteiger partial charge on any atom is 0.254 e. The fraction of sp³-hybridized carbons (Fsp3) is 0.211. The normalized spacial score (nSPS) is 17.3. The molecule has 0 saturated carbocycles. The van der Waals surface area contributed by atoms with E-state index in [2.05, 4.69) is 11.1 Å². The standard InChI is InChI=1S/C19H18N2O2/c22-12-18-16-4-2-1-3-13(16)8-10-21(18)19(23)15-6-5-14-7-9-20-17(14)11-15/h1-7,9,11,18,20,22H,8,10,12H2. The molecule has 1 amide bonds. The predicted octanol–water partition coefficient (Wildman–Crippen LogP) is 2.90. The first-order valence-electron chi connectivity index (χ1n) is 7.84. The number of benzene rings is 2. The molecule has 23 heavy (non-hydrogen) atoms. The quantitative estimate of drug-likeness (QED) is 0.765. The van der Waals surface area contributed by atoms with Crippen molar-refractivity contribution in [3.63, 3.8) is 0 Å². The highest BCUT2D eigenvalue weighted by atomic mass is 16.3. The molecule has 4 rings (SSSR count). The van der Waals surface area contributed by atoms with Gasteiger partial charge in [-0.05, 0) is 41.1 Å². The molecule has 1 aliphatic heterocycles. The average molecular weight is 306 g/mol. The Morgan fingerprint density at radius 2 is 2.09 bits per heavy atom. The van der Waals surface area contributed by atoms with Gasteiger partial charge in [-0.3, -0.25) is 4.79 Å². The van der Waals surface area contributed by atoms with Gasteiger partial charge in [-0.1, -0.05) is 30.3 Å². The molecule has 116 valence electrons. The molecule has 0 aliphatic carbocycles. The first kappa shape index (κ1) is 14.0. The molecule has 2 heterocycles. The number of fused-ring (bicyclic) bond motifs is 2. The summed E-state index contributed by atoms with van der Waals surface area (Å²) in [4.78, 5) is 17.9. The Labute approximate surface area is 134 Å². The van der Waals surface area contributed by atoms with E-state index >= 15 is 0 Å². The summed E-state index contributed by atoms with van der Waals surface area (Å²) in [5, 5.41) is 10.9. The molecule has 2 N–H and O–H groups in total. The Balaban J connectivity index is 1.70. The first-order chi connectivity index (χ1) is 11.3. The summed E-state index contributed by atoms with van der Waals surface area (Å²) in [6.45, 7) is 0.567. The predicted molar refractivity (Wildman–Crippen MR) is 89.3 cm³/mol. The minimum Gasteiger partial charge on any atom is -0.394 e. The summed E-state index contributed by atoms with van der Waals surface area (Å²) >= 11 is 0. The molecule has 0 radical (unpaired) electrons. The number of H-pyrrole nitrogens is 1. The van der Waals surface area contributed by atoms with Crippen molar-refractivity contribution in [3.05, 3.63) is 71.4 Å². The number of aromatic amines is 1. The summed E-state index contributed by atoms with van der Waals surface area (Å²) in [7, 11) is 0. The number of aliphatic hydroxyl groups excluding tert-OH is 1. The molecule has 0 spiro atoms. The van der Waals surface area contributed by atoms with Gasteiger partial charge < -0.3 is 15.0 Å². The minimum absolute atomic E-state index is 0.0324. The van der Waals surface area contributed by atoms with Crippen LogP contribution in [0.15, 0.2) is 54.7 Å². The number of rotatable bonds is 2. The maximum absolute atomic E-state index is 12.9. The summed E-state index contributed by atoms with van der Waals surface area (Å²) < 4.78 is 0. The highest BCUT2D eigenvalue weighted by Gasteiger charge is 2.30. The number of amides is 1. The third-order valence-corrected chi connectivity index (χ3v) is 4.65. The summed E-state index contributed by atoms with van der Waals surface area (Å²) in [5.41, 5.74) is 3.87. The van der Waals surface area contributed by atoms with Crippen molar-refractivity contribution >= 4 is 16.8 Å². The first-order valence-corrected chi connectivity index (χ1v) is 7.84. The molecule has 4 nitrogen and oxygen atoms in total. The van der Waals surface area contributed by atoms with E-state index in [9.17, 15) is 9.90 Å². The van der Waals surface area contributed by atoms with E-state index in [-0.39, 0.29) is 18.6 Å². The Morgan fingerprint density at radius 1 is 1.22 bits per heavy atom. The zero-order valence-electron chi connectivity index (χ0n) is 12.7. The Morgan fingerprint density at radius 3 is 2.96 bits per heavy atom. The van der Waals surface area contributed by atoms with Gasteiger partial charge in [0.25, 0.3) is 5.91 Å². The van der Waals surface area contributed by atoms with Crippen LogP contribution in [0, 0.1) is 0 Å². The zero-order chi connectivity index (χ0) is 15.8. The molecule has 0 fully saturated rings. The Hall–Kier alpha value is -2.59. The second kappa shape index (κ2) is 5.56. The van der Waals surface area contributed by atoms with Crippen molar-refractivity contribution in [2.45, 2.75) is 12.5 Å². The van der Waals surface area contributed by atoms with Gasteiger partial charge in [-0.15, -0.1) is 0 Å². The summed E-state index contributed by atoms with van der Waals surface area (Å²) in [5.74, 6) is -0.0324. The molecule has 1 aromatic heterocycles. The van der Waals surface area contributed by atoms with Crippen molar-refractivity contribution < 1.29 is 9.90 Å². The van der Waals surface area contributed by atoms with Gasteiger partial charge in [-0.2, -0.15) is 0 Å². The number of hydrogen-bond acceptors (Lipinski definition) is 2. The number of hydrogen-bond donors (Lipinski definition) is 2. The van der Waals surface area contributed by atoms with Crippen LogP contribution in [-0.2, 0) is 6.42 Å². The number of carbonyl (C=O) groups is 1. The van der Waals surface area contributed by atoms with Crippen molar-refractivity contribution in [3.8, 4) is 0 Å². The number of aliphatic hydroxyl groups is 1. The lowest BCUT2D eigenvalue weighted by atomic mass is 9.92. The highest BCUT2D eigenvalue weighted by molar-refractivity contribution is 5.98. The molecular formula is C19H18N2O2. The molecule has 1 atom stereocenters. The maximum atomic E-state index is 12.9. The third-order valence-electron chi connectivity index (χ3n) is 4.65. The molecule has 4 heteroatoms. The fourth-order valence-electron chi connectivity index (χ4n) is 3.44. The van der Waals surface area contributed by atoms with Crippen LogP contribution in [0.4, 0.5) is 0 Å². The van der Waals surface area contributed by atoms with E-state index in [1.54, 1.807) is 4.90 Å². The topological polar surface area (TPSA) is 56.3 Å². The summed E-state index contributed by atoms with van der Waals surface area (Å²) in [6.07, 6.45) is 2.69. The lowest BCUT2D eigenvalue weighted by Crippen LogP contribution is -2.41. The van der Waals surface area contributed by atoms with Crippen molar-refractivity contribution in [2.24, 2.45) is 0 Å². The second-order valence-electron chi connectivity index (χ2n) is 5.93. The van der Waals surface area contributed by atoms with Crippen LogP contribution in [0.25, 0.3) is 10.9 Å². The smallest absolute Gasteiger partial charge is 0.254 e. The van der Waals surface area contributed by atoms with Crippen LogP contribution in [0.1, 0.15) is 27.5 Å². The molecular weight excluding hydrogens is 288 g/mol. The lowest BCUT2D eigenvalue weighted by Gasteiger charge is -2.36. The molecule has 3 aromatic rings. The number of nitrogens with one attached hydrogen (secondary N) is 1. The Kier molecular flexibility index (Phi) is 3.39. The van der Waals surface area contributed by atoms with E-state index in [0.717, 1.165) is 22.9 Å². The van der Waals surface area contributed by atoms with E-state index in [4.69, 9.17) is 0 Å². The van der Waals surface area contributed by atoms with Gasteiger partial charge in [0, 0.05) is 23.8 Å². The van der Waals surface area contributed by atoms with Gasteiger partial charge >= 0.3 is 0 Å². The molecule has 0 saturated heterocycles. The molecule has 1 unspecified atom stereocenters. The van der Waals surface area contributed by atoms with Crippen molar-refractivity contribution in [1.29, 1.82) is 0 Å². The van der Waals surface area contributed by atoms with Gasteiger partial charge in [0.15, 0.2) is 0 Å². The summed E-state index contributed by atoms with van der Waals surface area (Å²) in [6, 6.07) is 15.4. The van der Waals surface area contributed by atoms with Crippen molar-refractivity contribution in [2.75, 3.05) is 13.2 Å². The monoisotopic (exact) mass is 306 g/mol. The SMILES string of the molecule is O=C(c1ccc2cc[nH]c2c1)N1CCc2ccccc2C1CO. The van der Waals surface area contributed by atoms with E-state index in [0.29, 0.717) is 12.1 Å². The van der Waals surface area contributed by atoms with Crippen LogP contribution in [0.3, 0.4) is 0 Å². The van der Waals surface area contributed by atoms with Crippen LogP contribution in [0.2, 0.25) is 0 Å². The Bertz CT molecular complexity index is 868. The zero-order valence-corrected chi connectivity index (χ0v) is 12.7.